The average molecular weight is 269 g/mol. The highest BCUT2D eigenvalue weighted by atomic mass is 16.5. The van der Waals surface area contributed by atoms with Crippen LogP contribution in [0.1, 0.15) is 51.9 Å². The molecule has 0 aliphatic heterocycles. The zero-order valence-corrected chi connectivity index (χ0v) is 12.4. The Morgan fingerprint density at radius 2 is 2.05 bits per heavy atom. The molecule has 4 nitrogen and oxygen atoms in total. The van der Waals surface area contributed by atoms with Crippen molar-refractivity contribution in [2.24, 2.45) is 5.92 Å². The van der Waals surface area contributed by atoms with Crippen LogP contribution in [0.4, 0.5) is 0 Å². The Kier molecular flexibility index (Phi) is 4.85. The van der Waals surface area contributed by atoms with Gasteiger partial charge < -0.3 is 14.8 Å². The van der Waals surface area contributed by atoms with Crippen LogP contribution in [0.25, 0.3) is 0 Å². The minimum absolute atomic E-state index is 0.155. The summed E-state index contributed by atoms with van der Waals surface area (Å²) in [6, 6.07) is 0. The number of hydrogen-bond donors (Lipinski definition) is 1. The van der Waals surface area contributed by atoms with E-state index in [1.54, 1.807) is 0 Å². The molecule has 0 aromatic carbocycles. The third-order valence-electron chi connectivity index (χ3n) is 4.80. The Hall–Kier alpha value is -0.610. The van der Waals surface area contributed by atoms with Crippen LogP contribution in [-0.4, -0.2) is 37.9 Å². The number of nitrogens with one attached hydrogen (secondary N) is 1. The highest BCUT2D eigenvalue weighted by molar-refractivity contribution is 5.81. The number of ether oxygens (including phenoxy) is 2. The van der Waals surface area contributed by atoms with Gasteiger partial charge in [-0.1, -0.05) is 19.8 Å². The van der Waals surface area contributed by atoms with E-state index < -0.39 is 5.54 Å². The quantitative estimate of drug-likeness (QED) is 0.795. The van der Waals surface area contributed by atoms with Gasteiger partial charge in [0.15, 0.2) is 0 Å². The van der Waals surface area contributed by atoms with Gasteiger partial charge in [0, 0.05) is 6.42 Å². The fourth-order valence-electron chi connectivity index (χ4n) is 3.60. The molecule has 0 aromatic rings. The number of hydrogen-bond acceptors (Lipinski definition) is 4. The van der Waals surface area contributed by atoms with E-state index in [-0.39, 0.29) is 12.1 Å². The maximum Gasteiger partial charge on any atom is 0.326 e. The molecule has 110 valence electrons. The molecule has 0 spiro atoms. The van der Waals surface area contributed by atoms with Crippen molar-refractivity contribution in [3.63, 3.8) is 0 Å². The number of likely N-dealkylation sites (N-methyl/N-ethyl adjacent to an activating group) is 1. The first-order valence-electron chi connectivity index (χ1n) is 7.52. The SMILES string of the molecule is CNC1(C(=O)OC)CCC(OC2CCCC(C)C2)C1. The largest absolute Gasteiger partial charge is 0.468 e. The van der Waals surface area contributed by atoms with Gasteiger partial charge in [-0.2, -0.15) is 0 Å². The normalized spacial score (nSPS) is 39.2. The molecule has 2 fully saturated rings. The van der Waals surface area contributed by atoms with Gasteiger partial charge in [-0.15, -0.1) is 0 Å². The lowest BCUT2D eigenvalue weighted by molar-refractivity contribution is -0.149. The van der Waals surface area contributed by atoms with Crippen molar-refractivity contribution in [2.45, 2.75) is 69.6 Å². The van der Waals surface area contributed by atoms with Crippen molar-refractivity contribution in [1.29, 1.82) is 0 Å². The minimum atomic E-state index is -0.528. The minimum Gasteiger partial charge on any atom is -0.468 e. The highest BCUT2D eigenvalue weighted by Gasteiger charge is 2.46. The third-order valence-corrected chi connectivity index (χ3v) is 4.80. The van der Waals surface area contributed by atoms with E-state index in [9.17, 15) is 4.79 Å². The lowest BCUT2D eigenvalue weighted by atomic mass is 9.88. The molecule has 2 saturated carbocycles. The topological polar surface area (TPSA) is 47.6 Å². The maximum absolute atomic E-state index is 11.9. The molecule has 0 amide bonds. The van der Waals surface area contributed by atoms with Crippen LogP contribution >= 0.6 is 0 Å². The first-order chi connectivity index (χ1) is 9.09. The first-order valence-corrected chi connectivity index (χ1v) is 7.52. The lowest BCUT2D eigenvalue weighted by Gasteiger charge is -2.30. The summed E-state index contributed by atoms with van der Waals surface area (Å²) in [4.78, 5) is 11.9. The van der Waals surface area contributed by atoms with Crippen LogP contribution in [0.2, 0.25) is 0 Å². The molecule has 4 atom stereocenters. The van der Waals surface area contributed by atoms with E-state index in [2.05, 4.69) is 12.2 Å². The van der Waals surface area contributed by atoms with Gasteiger partial charge in [0.25, 0.3) is 0 Å². The summed E-state index contributed by atoms with van der Waals surface area (Å²) in [6.07, 6.45) is 8.01. The molecule has 0 radical (unpaired) electrons. The van der Waals surface area contributed by atoms with Gasteiger partial charge in [0.05, 0.1) is 19.3 Å². The molecule has 2 aliphatic carbocycles. The molecule has 19 heavy (non-hydrogen) atoms. The van der Waals surface area contributed by atoms with E-state index in [4.69, 9.17) is 9.47 Å². The molecule has 0 bridgehead atoms. The summed E-state index contributed by atoms with van der Waals surface area (Å²) in [7, 11) is 3.29. The van der Waals surface area contributed by atoms with Crippen molar-refractivity contribution >= 4 is 5.97 Å². The molecular formula is C15H27NO3. The smallest absolute Gasteiger partial charge is 0.326 e. The summed E-state index contributed by atoms with van der Waals surface area (Å²) in [5.41, 5.74) is -0.528. The molecule has 2 rings (SSSR count). The van der Waals surface area contributed by atoms with Crippen LogP contribution in [0, 0.1) is 5.92 Å². The van der Waals surface area contributed by atoms with Crippen molar-refractivity contribution in [1.82, 2.24) is 5.32 Å². The van der Waals surface area contributed by atoms with Crippen LogP contribution < -0.4 is 5.32 Å². The first kappa shape index (κ1) is 14.8. The van der Waals surface area contributed by atoms with E-state index in [1.807, 2.05) is 7.05 Å². The van der Waals surface area contributed by atoms with Crippen molar-refractivity contribution < 1.29 is 14.3 Å². The predicted octanol–water partition coefficient (Wildman–Crippen LogP) is 2.27. The third kappa shape index (κ3) is 3.29. The van der Waals surface area contributed by atoms with E-state index >= 15 is 0 Å². The van der Waals surface area contributed by atoms with Crippen LogP contribution in [0.5, 0.6) is 0 Å². The molecule has 2 aliphatic rings. The molecule has 4 unspecified atom stereocenters. The Balaban J connectivity index is 1.88. The van der Waals surface area contributed by atoms with Gasteiger partial charge >= 0.3 is 5.97 Å². The standard InChI is InChI=1S/C15H27NO3/c1-11-5-4-6-12(9-11)19-13-7-8-15(10-13,16-2)14(17)18-3/h11-13,16H,4-10H2,1-3H3. The van der Waals surface area contributed by atoms with Gasteiger partial charge in [0.2, 0.25) is 0 Å². The van der Waals surface area contributed by atoms with E-state index in [0.29, 0.717) is 6.10 Å². The summed E-state index contributed by atoms with van der Waals surface area (Å²) in [5, 5.41) is 3.15. The number of carbonyl (C=O) groups excluding carboxylic acids is 1. The Morgan fingerprint density at radius 1 is 1.26 bits per heavy atom. The van der Waals surface area contributed by atoms with Crippen molar-refractivity contribution in [3.8, 4) is 0 Å². The maximum atomic E-state index is 11.9. The van der Waals surface area contributed by atoms with E-state index in [1.165, 1.54) is 32.8 Å². The summed E-state index contributed by atoms with van der Waals surface area (Å²) in [6.45, 7) is 2.30. The lowest BCUT2D eigenvalue weighted by Crippen LogP contribution is -2.49. The molecule has 0 saturated heterocycles. The van der Waals surface area contributed by atoms with Crippen LogP contribution in [-0.2, 0) is 14.3 Å². The zero-order chi connectivity index (χ0) is 13.9. The number of rotatable bonds is 4. The second kappa shape index (κ2) is 6.23. The summed E-state index contributed by atoms with van der Waals surface area (Å²) in [5.74, 6) is 0.618. The number of esters is 1. The van der Waals surface area contributed by atoms with Crippen LogP contribution in [0.3, 0.4) is 0 Å². The average Bonchev–Trinajstić information content (AvgIpc) is 2.82. The zero-order valence-electron chi connectivity index (χ0n) is 12.4. The predicted molar refractivity (Wildman–Crippen MR) is 74.0 cm³/mol. The second-order valence-corrected chi connectivity index (χ2v) is 6.22. The number of carbonyl (C=O) groups is 1. The monoisotopic (exact) mass is 269 g/mol. The van der Waals surface area contributed by atoms with Gasteiger partial charge in [0.1, 0.15) is 5.54 Å². The fraction of sp³-hybridized carbons (Fsp3) is 0.933. The Labute approximate surface area is 116 Å². The van der Waals surface area contributed by atoms with Crippen LogP contribution in [0.15, 0.2) is 0 Å². The fourth-order valence-corrected chi connectivity index (χ4v) is 3.60. The van der Waals surface area contributed by atoms with Gasteiger partial charge in [-0.25, -0.2) is 0 Å². The highest BCUT2D eigenvalue weighted by Crippen LogP contribution is 2.35. The molecule has 0 aromatic heterocycles. The van der Waals surface area contributed by atoms with E-state index in [0.717, 1.165) is 25.2 Å². The second-order valence-electron chi connectivity index (χ2n) is 6.22. The van der Waals surface area contributed by atoms with Crippen molar-refractivity contribution in [3.05, 3.63) is 0 Å². The molecule has 4 heteroatoms. The van der Waals surface area contributed by atoms with Gasteiger partial charge in [-0.05, 0) is 38.6 Å². The Bertz CT molecular complexity index is 321. The molecular weight excluding hydrogens is 242 g/mol. The van der Waals surface area contributed by atoms with Crippen molar-refractivity contribution in [2.75, 3.05) is 14.2 Å². The number of methoxy groups -OCH3 is 1. The summed E-state index contributed by atoms with van der Waals surface area (Å²) < 4.78 is 11.2. The summed E-state index contributed by atoms with van der Waals surface area (Å²) >= 11 is 0. The van der Waals surface area contributed by atoms with Gasteiger partial charge in [-0.3, -0.25) is 4.79 Å². The molecule has 0 heterocycles. The molecule has 1 N–H and O–H groups in total. The Morgan fingerprint density at radius 3 is 2.68 bits per heavy atom.